The van der Waals surface area contributed by atoms with Crippen molar-refractivity contribution in [1.29, 1.82) is 0 Å². The molecule has 0 bridgehead atoms. The number of pyridine rings is 1. The number of hydrogen-bond acceptors (Lipinski definition) is 1. The largest absolute Gasteiger partial charge is 0.455 e. The van der Waals surface area contributed by atoms with Gasteiger partial charge in [-0.2, -0.15) is 4.40 Å². The van der Waals surface area contributed by atoms with Crippen LogP contribution in [0.5, 0.6) is 0 Å². The summed E-state index contributed by atoms with van der Waals surface area (Å²) < 4.78 is 11.5. The predicted molar refractivity (Wildman–Crippen MR) is 158 cm³/mol. The van der Waals surface area contributed by atoms with Crippen molar-refractivity contribution in [3.8, 4) is 0 Å². The minimum atomic E-state index is 0.927. The zero-order chi connectivity index (χ0) is 25.1. The minimum Gasteiger partial charge on any atom is -0.455 e. The third kappa shape index (κ3) is 2.37. The molecule has 0 saturated heterocycles. The number of nitrogens with zero attached hydrogens (tertiary/aromatic N) is 2. The monoisotopic (exact) mass is 487 g/mol. The molecule has 0 fully saturated rings. The van der Waals surface area contributed by atoms with E-state index in [-0.39, 0.29) is 0 Å². The van der Waals surface area contributed by atoms with Crippen LogP contribution in [0.1, 0.15) is 5.56 Å². The van der Waals surface area contributed by atoms with Crippen LogP contribution >= 0.6 is 0 Å². The summed E-state index contributed by atoms with van der Waals surface area (Å²) in [5, 5.41) is 10.9. The fourth-order valence-electron chi connectivity index (χ4n) is 6.78. The number of rotatable bonds is 0. The predicted octanol–water partition coefficient (Wildman–Crippen LogP) is 8.74. The molecule has 0 N–H and O–H groups in total. The fraction of sp³-hybridized carbons (Fsp3) is 0.0571. The Balaban J connectivity index is 1.53. The molecule has 3 nitrogen and oxygen atoms in total. The molecule has 0 amide bonds. The molecule has 0 aliphatic rings. The molecule has 0 unspecified atom stereocenters. The lowest BCUT2D eigenvalue weighted by molar-refractivity contribution is -0.617. The Morgan fingerprint density at radius 3 is 2.32 bits per heavy atom. The van der Waals surface area contributed by atoms with Gasteiger partial charge in [-0.05, 0) is 65.0 Å². The van der Waals surface area contributed by atoms with Crippen molar-refractivity contribution in [2.45, 2.75) is 6.92 Å². The van der Waals surface area contributed by atoms with Gasteiger partial charge >= 0.3 is 0 Å². The first kappa shape index (κ1) is 20.2. The van der Waals surface area contributed by atoms with Crippen LogP contribution in [0.25, 0.3) is 81.8 Å². The second kappa shape index (κ2) is 6.90. The summed E-state index contributed by atoms with van der Waals surface area (Å²) in [4.78, 5) is 0. The van der Waals surface area contributed by atoms with E-state index in [1.807, 2.05) is 0 Å². The maximum Gasteiger partial charge on any atom is 0.295 e. The fourth-order valence-corrected chi connectivity index (χ4v) is 6.78. The molecule has 6 aromatic carbocycles. The van der Waals surface area contributed by atoms with Crippen LogP contribution in [0.4, 0.5) is 0 Å². The Hall–Kier alpha value is -4.89. The highest BCUT2D eigenvalue weighted by molar-refractivity contribution is 6.23. The lowest BCUT2D eigenvalue weighted by Crippen LogP contribution is -2.27. The van der Waals surface area contributed by atoms with Crippen molar-refractivity contribution >= 4 is 81.8 Å². The Labute approximate surface area is 217 Å². The topological polar surface area (TPSA) is 21.4 Å². The van der Waals surface area contributed by atoms with Crippen LogP contribution in [0.2, 0.25) is 0 Å². The number of hydrogen-bond donors (Lipinski definition) is 0. The van der Waals surface area contributed by atoms with Gasteiger partial charge in [0, 0.05) is 26.9 Å². The highest BCUT2D eigenvalue weighted by Gasteiger charge is 2.25. The molecular weight excluding hydrogens is 464 g/mol. The number of furan rings is 1. The third-order valence-electron chi connectivity index (χ3n) is 8.52. The average molecular weight is 488 g/mol. The van der Waals surface area contributed by atoms with Crippen LogP contribution in [0, 0.1) is 6.92 Å². The standard InChI is InChI=1S/C35H23N2O/c1-20-8-7-11-24-27-19-32-28(18-31(27)37-30-13-6-5-12-29(30)36(2)35(37)33(20)24)26-17-16-23-22-10-4-3-9-21(22)14-15-25(23)34(26)38-32/h3-19H,1-2H3/q+1. The van der Waals surface area contributed by atoms with Gasteiger partial charge in [-0.25, -0.2) is 4.57 Å². The van der Waals surface area contributed by atoms with E-state index in [0.717, 1.165) is 27.3 Å². The quantitative estimate of drug-likeness (QED) is 0.155. The minimum absolute atomic E-state index is 0.927. The summed E-state index contributed by atoms with van der Waals surface area (Å²) in [6, 6.07) is 37.4. The Bertz CT molecular complexity index is 2480. The number of para-hydroxylation sites is 2. The van der Waals surface area contributed by atoms with Crippen molar-refractivity contribution in [3.63, 3.8) is 0 Å². The molecule has 9 aromatic rings. The van der Waals surface area contributed by atoms with Gasteiger partial charge in [0.15, 0.2) is 11.0 Å². The first-order valence-electron chi connectivity index (χ1n) is 13.1. The molecule has 3 heterocycles. The summed E-state index contributed by atoms with van der Waals surface area (Å²) in [5.41, 5.74) is 8.01. The van der Waals surface area contributed by atoms with E-state index in [9.17, 15) is 0 Å². The molecule has 0 aliphatic carbocycles. The van der Waals surface area contributed by atoms with Crippen molar-refractivity contribution in [1.82, 2.24) is 4.40 Å². The van der Waals surface area contributed by atoms with E-state index in [1.54, 1.807) is 0 Å². The maximum atomic E-state index is 6.69. The maximum absolute atomic E-state index is 6.69. The third-order valence-corrected chi connectivity index (χ3v) is 8.52. The Morgan fingerprint density at radius 2 is 1.37 bits per heavy atom. The molecule has 3 aromatic heterocycles. The Morgan fingerprint density at radius 1 is 0.605 bits per heavy atom. The van der Waals surface area contributed by atoms with Gasteiger partial charge in [-0.3, -0.25) is 0 Å². The van der Waals surface area contributed by atoms with Gasteiger partial charge in [0.1, 0.15) is 16.7 Å². The molecule has 38 heavy (non-hydrogen) atoms. The van der Waals surface area contributed by atoms with Crippen LogP contribution in [-0.2, 0) is 7.05 Å². The van der Waals surface area contributed by atoms with Gasteiger partial charge in [0.05, 0.1) is 12.4 Å². The molecule has 0 atom stereocenters. The van der Waals surface area contributed by atoms with Crippen molar-refractivity contribution in [2.24, 2.45) is 7.05 Å². The zero-order valence-corrected chi connectivity index (χ0v) is 21.1. The highest BCUT2D eigenvalue weighted by Crippen LogP contribution is 2.41. The zero-order valence-electron chi connectivity index (χ0n) is 21.1. The molecule has 0 aliphatic heterocycles. The van der Waals surface area contributed by atoms with Crippen molar-refractivity contribution in [3.05, 3.63) is 109 Å². The Kier molecular flexibility index (Phi) is 3.67. The molecule has 0 spiro atoms. The van der Waals surface area contributed by atoms with E-state index in [1.165, 1.54) is 60.1 Å². The molecule has 0 saturated carbocycles. The first-order valence-corrected chi connectivity index (χ1v) is 13.1. The van der Waals surface area contributed by atoms with Crippen molar-refractivity contribution in [2.75, 3.05) is 0 Å². The lowest BCUT2D eigenvalue weighted by Gasteiger charge is -2.07. The number of imidazole rings is 1. The van der Waals surface area contributed by atoms with Crippen molar-refractivity contribution < 1.29 is 8.98 Å². The van der Waals surface area contributed by atoms with Crippen LogP contribution in [-0.4, -0.2) is 4.40 Å². The van der Waals surface area contributed by atoms with Crippen LogP contribution < -0.4 is 4.57 Å². The van der Waals surface area contributed by atoms with Crippen LogP contribution in [0.3, 0.4) is 0 Å². The molecule has 178 valence electrons. The van der Waals surface area contributed by atoms with Crippen LogP contribution in [0.15, 0.2) is 108 Å². The van der Waals surface area contributed by atoms with Gasteiger partial charge in [0.2, 0.25) is 0 Å². The van der Waals surface area contributed by atoms with E-state index < -0.39 is 0 Å². The van der Waals surface area contributed by atoms with Gasteiger partial charge in [-0.15, -0.1) is 0 Å². The summed E-state index contributed by atoms with van der Waals surface area (Å²) in [5.74, 6) is 0. The summed E-state index contributed by atoms with van der Waals surface area (Å²) in [6.07, 6.45) is 0. The SMILES string of the molecule is Cc1cccc2c3cc4oc5c(ccc6c7ccccc7ccc65)c4cc3n3c4ccccc4[n+](C)c3c12. The average Bonchev–Trinajstić information content (AvgIpc) is 3.47. The van der Waals surface area contributed by atoms with E-state index >= 15 is 0 Å². The van der Waals surface area contributed by atoms with Gasteiger partial charge < -0.3 is 4.42 Å². The van der Waals surface area contributed by atoms with E-state index in [4.69, 9.17) is 4.42 Å². The number of aryl methyl sites for hydroxylation is 2. The van der Waals surface area contributed by atoms with E-state index in [2.05, 4.69) is 126 Å². The molecule has 3 heteroatoms. The first-order chi connectivity index (χ1) is 18.7. The molecular formula is C35H23N2O+. The van der Waals surface area contributed by atoms with E-state index in [0.29, 0.717) is 0 Å². The summed E-state index contributed by atoms with van der Waals surface area (Å²) in [6.45, 7) is 2.21. The smallest absolute Gasteiger partial charge is 0.295 e. The van der Waals surface area contributed by atoms with Gasteiger partial charge in [-0.1, -0.05) is 66.7 Å². The summed E-state index contributed by atoms with van der Waals surface area (Å²) >= 11 is 0. The molecule has 9 rings (SSSR count). The lowest BCUT2D eigenvalue weighted by atomic mass is 9.98. The molecule has 0 radical (unpaired) electrons. The van der Waals surface area contributed by atoms with Gasteiger partial charge in [0.25, 0.3) is 5.65 Å². The number of fused-ring (bicyclic) bond motifs is 15. The summed E-state index contributed by atoms with van der Waals surface area (Å²) in [7, 11) is 2.18. The highest BCUT2D eigenvalue weighted by atomic mass is 16.3. The number of aromatic nitrogens is 2. The normalized spacial score (nSPS) is 12.5. The second-order valence-electron chi connectivity index (χ2n) is 10.5. The number of benzene rings is 6. The second-order valence-corrected chi connectivity index (χ2v) is 10.5.